The molecule has 0 aliphatic carbocycles. The van der Waals surface area contributed by atoms with Crippen LogP contribution in [0.3, 0.4) is 0 Å². The zero-order valence-corrected chi connectivity index (χ0v) is 9.63. The van der Waals surface area contributed by atoms with E-state index < -0.39 is 0 Å². The maximum atomic E-state index is 5.77. The third-order valence-corrected chi connectivity index (χ3v) is 2.25. The molecule has 0 aliphatic rings. The Morgan fingerprint density at radius 2 is 2.13 bits per heavy atom. The summed E-state index contributed by atoms with van der Waals surface area (Å²) in [6.45, 7) is 7.28. The van der Waals surface area contributed by atoms with Crippen LogP contribution in [0.15, 0.2) is 36.9 Å². The summed E-state index contributed by atoms with van der Waals surface area (Å²) >= 11 is 5.77. The van der Waals surface area contributed by atoms with Gasteiger partial charge in [-0.05, 0) is 30.8 Å². The van der Waals surface area contributed by atoms with E-state index >= 15 is 0 Å². The molecular weight excluding hydrogens is 210 g/mol. The minimum absolute atomic E-state index is 0.186. The third-order valence-electron chi connectivity index (χ3n) is 1.99. The average molecular weight is 226 g/mol. The molecule has 0 amide bonds. The van der Waals surface area contributed by atoms with Crippen molar-refractivity contribution >= 4 is 11.6 Å². The summed E-state index contributed by atoms with van der Waals surface area (Å²) in [5.41, 5.74) is 0. The first kappa shape index (κ1) is 12.1. The number of ether oxygens (including phenoxy) is 1. The van der Waals surface area contributed by atoms with Crippen molar-refractivity contribution in [3.05, 3.63) is 41.9 Å². The van der Waals surface area contributed by atoms with Gasteiger partial charge in [-0.3, -0.25) is 0 Å². The molecule has 1 aromatic rings. The van der Waals surface area contributed by atoms with Crippen LogP contribution in [-0.4, -0.2) is 19.2 Å². The fraction of sp³-hybridized carbons (Fsp3) is 0.333. The highest BCUT2D eigenvalue weighted by atomic mass is 35.5. The second-order valence-electron chi connectivity index (χ2n) is 3.16. The minimum Gasteiger partial charge on any atom is -0.492 e. The molecule has 82 valence electrons. The van der Waals surface area contributed by atoms with Crippen molar-refractivity contribution < 1.29 is 4.74 Å². The maximum Gasteiger partial charge on any atom is 0.119 e. The van der Waals surface area contributed by atoms with Gasteiger partial charge in [-0.1, -0.05) is 24.6 Å². The van der Waals surface area contributed by atoms with Crippen molar-refractivity contribution in [2.24, 2.45) is 0 Å². The Labute approximate surface area is 95.9 Å². The van der Waals surface area contributed by atoms with Crippen LogP contribution in [0.25, 0.3) is 0 Å². The molecule has 0 radical (unpaired) electrons. The summed E-state index contributed by atoms with van der Waals surface area (Å²) in [7, 11) is 0. The highest BCUT2D eigenvalue weighted by molar-refractivity contribution is 6.30. The molecule has 15 heavy (non-hydrogen) atoms. The lowest BCUT2D eigenvalue weighted by Crippen LogP contribution is -2.32. The Morgan fingerprint density at radius 1 is 1.47 bits per heavy atom. The molecule has 0 aromatic heterocycles. The molecule has 0 heterocycles. The highest BCUT2D eigenvalue weighted by Crippen LogP contribution is 2.15. The second-order valence-corrected chi connectivity index (χ2v) is 3.60. The zero-order chi connectivity index (χ0) is 11.1. The van der Waals surface area contributed by atoms with Gasteiger partial charge in [0, 0.05) is 5.02 Å². The van der Waals surface area contributed by atoms with Crippen LogP contribution in [0.4, 0.5) is 0 Å². The summed E-state index contributed by atoms with van der Waals surface area (Å²) in [6.07, 6.45) is 1.85. The number of likely N-dealkylation sites (N-methyl/N-ethyl adjacent to an activating group) is 1. The van der Waals surface area contributed by atoms with Gasteiger partial charge in [0.2, 0.25) is 0 Å². The van der Waals surface area contributed by atoms with E-state index in [4.69, 9.17) is 16.3 Å². The molecule has 0 saturated heterocycles. The molecule has 0 spiro atoms. The van der Waals surface area contributed by atoms with Crippen LogP contribution in [0.5, 0.6) is 5.75 Å². The Balaban J connectivity index is 2.41. The van der Waals surface area contributed by atoms with Crippen molar-refractivity contribution in [2.45, 2.75) is 13.0 Å². The predicted molar refractivity (Wildman–Crippen MR) is 64.6 cm³/mol. The lowest BCUT2D eigenvalue weighted by atomic mass is 10.3. The Hall–Kier alpha value is -0.990. The number of nitrogens with one attached hydrogen (secondary N) is 1. The van der Waals surface area contributed by atoms with E-state index in [1.54, 1.807) is 0 Å². The minimum atomic E-state index is 0.186. The van der Waals surface area contributed by atoms with Crippen LogP contribution >= 0.6 is 11.6 Å². The summed E-state index contributed by atoms with van der Waals surface area (Å²) in [4.78, 5) is 0. The molecule has 1 N–H and O–H groups in total. The van der Waals surface area contributed by atoms with Gasteiger partial charge in [0.05, 0.1) is 6.04 Å². The molecule has 0 saturated carbocycles. The lowest BCUT2D eigenvalue weighted by molar-refractivity contribution is 0.288. The third kappa shape index (κ3) is 4.36. The normalized spacial score (nSPS) is 12.1. The number of halogens is 1. The number of benzene rings is 1. The summed E-state index contributed by atoms with van der Waals surface area (Å²) < 4.78 is 5.57. The first-order valence-corrected chi connectivity index (χ1v) is 5.38. The van der Waals surface area contributed by atoms with Gasteiger partial charge in [0.15, 0.2) is 0 Å². The quantitative estimate of drug-likeness (QED) is 0.752. The van der Waals surface area contributed by atoms with Crippen LogP contribution in [-0.2, 0) is 0 Å². The van der Waals surface area contributed by atoms with Gasteiger partial charge in [0.1, 0.15) is 12.4 Å². The number of rotatable bonds is 6. The van der Waals surface area contributed by atoms with E-state index in [1.165, 1.54) is 0 Å². The molecule has 0 aliphatic heterocycles. The largest absolute Gasteiger partial charge is 0.492 e. The first-order chi connectivity index (χ1) is 7.26. The van der Waals surface area contributed by atoms with Crippen molar-refractivity contribution in [1.82, 2.24) is 5.32 Å². The van der Waals surface area contributed by atoms with E-state index in [0.29, 0.717) is 11.6 Å². The van der Waals surface area contributed by atoms with Gasteiger partial charge in [-0.25, -0.2) is 0 Å². The van der Waals surface area contributed by atoms with Crippen molar-refractivity contribution in [3.8, 4) is 5.75 Å². The molecule has 1 unspecified atom stereocenters. The van der Waals surface area contributed by atoms with Gasteiger partial charge in [0.25, 0.3) is 0 Å². The topological polar surface area (TPSA) is 21.3 Å². The summed E-state index contributed by atoms with van der Waals surface area (Å²) in [6, 6.07) is 7.52. The predicted octanol–water partition coefficient (Wildman–Crippen LogP) is 2.88. The van der Waals surface area contributed by atoms with E-state index in [2.05, 4.69) is 18.8 Å². The van der Waals surface area contributed by atoms with Gasteiger partial charge in [-0.2, -0.15) is 0 Å². The fourth-order valence-corrected chi connectivity index (χ4v) is 1.32. The molecule has 0 fully saturated rings. The van der Waals surface area contributed by atoms with Gasteiger partial charge in [-0.15, -0.1) is 6.58 Å². The van der Waals surface area contributed by atoms with E-state index in [-0.39, 0.29) is 6.04 Å². The summed E-state index contributed by atoms with van der Waals surface area (Å²) in [5, 5.41) is 3.96. The van der Waals surface area contributed by atoms with Gasteiger partial charge < -0.3 is 10.1 Å². The lowest BCUT2D eigenvalue weighted by Gasteiger charge is -2.14. The number of hydrogen-bond acceptors (Lipinski definition) is 2. The van der Waals surface area contributed by atoms with Crippen LogP contribution in [0.2, 0.25) is 5.02 Å². The fourth-order valence-electron chi connectivity index (χ4n) is 1.19. The van der Waals surface area contributed by atoms with E-state index in [0.717, 1.165) is 12.3 Å². The smallest absolute Gasteiger partial charge is 0.119 e. The molecule has 1 aromatic carbocycles. The van der Waals surface area contributed by atoms with Crippen molar-refractivity contribution in [2.75, 3.05) is 13.2 Å². The molecule has 1 rings (SSSR count). The maximum absolute atomic E-state index is 5.77. The average Bonchev–Trinajstić information content (AvgIpc) is 2.26. The second kappa shape index (κ2) is 6.49. The van der Waals surface area contributed by atoms with Gasteiger partial charge >= 0.3 is 0 Å². The van der Waals surface area contributed by atoms with E-state index in [1.807, 2.05) is 30.3 Å². The van der Waals surface area contributed by atoms with Crippen LogP contribution < -0.4 is 10.1 Å². The van der Waals surface area contributed by atoms with Crippen molar-refractivity contribution in [3.63, 3.8) is 0 Å². The first-order valence-electron chi connectivity index (χ1n) is 5.00. The van der Waals surface area contributed by atoms with E-state index in [9.17, 15) is 0 Å². The van der Waals surface area contributed by atoms with Crippen LogP contribution in [0.1, 0.15) is 6.92 Å². The molecule has 2 nitrogen and oxygen atoms in total. The number of hydrogen-bond donors (Lipinski definition) is 1. The molecular formula is C12H16ClNO. The highest BCUT2D eigenvalue weighted by Gasteiger charge is 2.02. The standard InChI is InChI=1S/C12H16ClNO/c1-3-11(14-4-2)9-15-12-7-5-10(13)6-8-12/h3,5-8,11,14H,1,4,9H2,2H3. The monoisotopic (exact) mass is 225 g/mol. The Kier molecular flexibility index (Phi) is 5.22. The SMILES string of the molecule is C=CC(COc1ccc(Cl)cc1)NCC. The Morgan fingerprint density at radius 3 is 2.67 bits per heavy atom. The zero-order valence-electron chi connectivity index (χ0n) is 8.87. The van der Waals surface area contributed by atoms with Crippen molar-refractivity contribution in [1.29, 1.82) is 0 Å². The van der Waals surface area contributed by atoms with Crippen LogP contribution in [0, 0.1) is 0 Å². The molecule has 3 heteroatoms. The molecule has 1 atom stereocenters. The molecule has 0 bridgehead atoms. The summed E-state index contributed by atoms with van der Waals surface area (Å²) in [5.74, 6) is 0.823. The Bertz CT molecular complexity index is 297.